The lowest BCUT2D eigenvalue weighted by atomic mass is 10.3. The highest BCUT2D eigenvalue weighted by molar-refractivity contribution is 14.1. The highest BCUT2D eigenvalue weighted by Crippen LogP contribution is 2.11. The van der Waals surface area contributed by atoms with Crippen molar-refractivity contribution in [2.75, 3.05) is 7.11 Å². The van der Waals surface area contributed by atoms with E-state index in [1.54, 1.807) is 7.11 Å². The quantitative estimate of drug-likeness (QED) is 0.791. The van der Waals surface area contributed by atoms with E-state index in [-0.39, 0.29) is 0 Å². The fraction of sp³-hybridized carbons (Fsp3) is 0.222. The fourth-order valence-corrected chi connectivity index (χ4v) is 1.80. The van der Waals surface area contributed by atoms with Crippen molar-refractivity contribution in [3.05, 3.63) is 33.8 Å². The van der Waals surface area contributed by atoms with Gasteiger partial charge in [0.2, 0.25) is 0 Å². The van der Waals surface area contributed by atoms with E-state index in [1.807, 2.05) is 28.9 Å². The van der Waals surface area contributed by atoms with Crippen LogP contribution in [0.15, 0.2) is 24.5 Å². The molecule has 0 aliphatic carbocycles. The average Bonchev–Trinajstić information content (AvgIpc) is 2.48. The molecule has 0 aromatic carbocycles. The summed E-state index contributed by atoms with van der Waals surface area (Å²) in [6, 6.07) is 4.08. The van der Waals surface area contributed by atoms with Gasteiger partial charge < -0.3 is 4.74 Å². The number of hydrogen-bond donors (Lipinski definition) is 0. The zero-order valence-electron chi connectivity index (χ0n) is 7.20. The van der Waals surface area contributed by atoms with Crippen molar-refractivity contribution in [2.45, 2.75) is 6.61 Å². The molecule has 4 heteroatoms. The van der Waals surface area contributed by atoms with E-state index in [9.17, 15) is 0 Å². The molecule has 0 saturated heterocycles. The van der Waals surface area contributed by atoms with Gasteiger partial charge in [0.05, 0.1) is 12.8 Å². The first kappa shape index (κ1) is 8.96. The number of hydrogen-bond acceptors (Lipinski definition) is 2. The minimum atomic E-state index is 0.639. The molecule has 2 aromatic rings. The number of halogens is 1. The zero-order chi connectivity index (χ0) is 9.26. The van der Waals surface area contributed by atoms with Gasteiger partial charge >= 0.3 is 0 Å². The number of ether oxygens (including phenoxy) is 1. The van der Waals surface area contributed by atoms with E-state index in [0.717, 1.165) is 14.9 Å². The van der Waals surface area contributed by atoms with Crippen LogP contribution in [-0.2, 0) is 11.3 Å². The molecule has 0 bridgehead atoms. The lowest BCUT2D eigenvalue weighted by Crippen LogP contribution is -1.91. The molecule has 0 spiro atoms. The Morgan fingerprint density at radius 3 is 3.23 bits per heavy atom. The topological polar surface area (TPSA) is 26.5 Å². The molecule has 0 aliphatic heterocycles. The summed E-state index contributed by atoms with van der Waals surface area (Å²) in [6.07, 6.45) is 3.87. The van der Waals surface area contributed by atoms with Crippen LogP contribution in [0.1, 0.15) is 5.56 Å². The van der Waals surface area contributed by atoms with E-state index >= 15 is 0 Å². The third kappa shape index (κ3) is 1.68. The van der Waals surface area contributed by atoms with Crippen molar-refractivity contribution in [3.63, 3.8) is 0 Å². The summed E-state index contributed by atoms with van der Waals surface area (Å²) in [5, 5.41) is 0. The molecule has 0 atom stereocenters. The third-order valence-electron chi connectivity index (χ3n) is 1.84. The minimum absolute atomic E-state index is 0.639. The summed E-state index contributed by atoms with van der Waals surface area (Å²) in [5.74, 6) is 0. The summed E-state index contributed by atoms with van der Waals surface area (Å²) in [7, 11) is 1.69. The molecule has 0 fully saturated rings. The van der Waals surface area contributed by atoms with Crippen LogP contribution in [0.4, 0.5) is 0 Å². The third-order valence-corrected chi connectivity index (χ3v) is 2.64. The van der Waals surface area contributed by atoms with Crippen LogP contribution in [0, 0.1) is 3.70 Å². The summed E-state index contributed by atoms with van der Waals surface area (Å²) in [6.45, 7) is 0.639. The molecule has 2 heterocycles. The second-order valence-corrected chi connectivity index (χ2v) is 3.88. The second kappa shape index (κ2) is 3.63. The standard InChI is InChI=1S/C9H9IN2O/c1-13-6-7-2-3-12-8(10)5-11-9(12)4-7/h2-5H,6H2,1H3. The lowest BCUT2D eigenvalue weighted by Gasteiger charge is -2.00. The van der Waals surface area contributed by atoms with Crippen LogP contribution in [-0.4, -0.2) is 16.5 Å². The first-order chi connectivity index (χ1) is 6.31. The van der Waals surface area contributed by atoms with Crippen molar-refractivity contribution >= 4 is 28.2 Å². The van der Waals surface area contributed by atoms with Crippen molar-refractivity contribution in [1.29, 1.82) is 0 Å². The van der Waals surface area contributed by atoms with E-state index in [1.165, 1.54) is 0 Å². The molecule has 0 saturated carbocycles. The number of rotatable bonds is 2. The highest BCUT2D eigenvalue weighted by atomic mass is 127. The maximum atomic E-state index is 5.04. The SMILES string of the molecule is COCc1ccn2c(I)cnc2c1. The Morgan fingerprint density at radius 2 is 2.46 bits per heavy atom. The molecule has 0 N–H and O–H groups in total. The van der Waals surface area contributed by atoms with Gasteiger partial charge in [-0.2, -0.15) is 0 Å². The van der Waals surface area contributed by atoms with E-state index in [4.69, 9.17) is 4.74 Å². The Morgan fingerprint density at radius 1 is 1.62 bits per heavy atom. The Hall–Kier alpha value is -0.620. The van der Waals surface area contributed by atoms with Crippen molar-refractivity contribution < 1.29 is 4.74 Å². The van der Waals surface area contributed by atoms with Crippen LogP contribution in [0.25, 0.3) is 5.65 Å². The number of methoxy groups -OCH3 is 1. The molecule has 3 nitrogen and oxygen atoms in total. The summed E-state index contributed by atoms with van der Waals surface area (Å²) >= 11 is 2.26. The highest BCUT2D eigenvalue weighted by Gasteiger charge is 2.00. The summed E-state index contributed by atoms with van der Waals surface area (Å²) in [4.78, 5) is 4.26. The first-order valence-corrected chi connectivity index (χ1v) is 4.99. The van der Waals surface area contributed by atoms with Gasteiger partial charge in [0, 0.05) is 13.3 Å². The molecule has 0 amide bonds. The molecule has 13 heavy (non-hydrogen) atoms. The van der Waals surface area contributed by atoms with Gasteiger partial charge in [0.15, 0.2) is 0 Å². The maximum Gasteiger partial charge on any atom is 0.137 e. The molecular weight excluding hydrogens is 279 g/mol. The number of aromatic nitrogens is 2. The van der Waals surface area contributed by atoms with Crippen LogP contribution in [0.5, 0.6) is 0 Å². The summed E-state index contributed by atoms with van der Waals surface area (Å²) in [5.41, 5.74) is 2.12. The fourth-order valence-electron chi connectivity index (χ4n) is 1.25. The van der Waals surface area contributed by atoms with Crippen LogP contribution < -0.4 is 0 Å². The van der Waals surface area contributed by atoms with E-state index in [2.05, 4.69) is 27.6 Å². The Balaban J connectivity index is 2.50. The van der Waals surface area contributed by atoms with Gasteiger partial charge in [-0.1, -0.05) is 0 Å². The van der Waals surface area contributed by atoms with Gasteiger partial charge in [-0.05, 0) is 40.3 Å². The van der Waals surface area contributed by atoms with Crippen LogP contribution in [0.2, 0.25) is 0 Å². The molecule has 0 aliphatic rings. The smallest absolute Gasteiger partial charge is 0.137 e. The van der Waals surface area contributed by atoms with Gasteiger partial charge in [-0.15, -0.1) is 0 Å². The molecule has 68 valence electrons. The Labute approximate surface area is 89.9 Å². The van der Waals surface area contributed by atoms with Crippen LogP contribution >= 0.6 is 22.6 Å². The molecular formula is C9H9IN2O. The molecule has 0 unspecified atom stereocenters. The lowest BCUT2D eigenvalue weighted by molar-refractivity contribution is 0.185. The number of imidazole rings is 1. The zero-order valence-corrected chi connectivity index (χ0v) is 9.35. The van der Waals surface area contributed by atoms with E-state index in [0.29, 0.717) is 6.61 Å². The predicted molar refractivity (Wildman–Crippen MR) is 58.6 cm³/mol. The average molecular weight is 288 g/mol. The monoisotopic (exact) mass is 288 g/mol. The summed E-state index contributed by atoms with van der Waals surface area (Å²) < 4.78 is 8.21. The normalized spacial score (nSPS) is 10.9. The molecule has 0 radical (unpaired) electrons. The molecule has 2 rings (SSSR count). The predicted octanol–water partition coefficient (Wildman–Crippen LogP) is 2.09. The van der Waals surface area contributed by atoms with Gasteiger partial charge in [0.25, 0.3) is 0 Å². The second-order valence-electron chi connectivity index (χ2n) is 2.78. The van der Waals surface area contributed by atoms with Crippen LogP contribution in [0.3, 0.4) is 0 Å². The number of pyridine rings is 1. The van der Waals surface area contributed by atoms with Gasteiger partial charge in [-0.25, -0.2) is 4.98 Å². The largest absolute Gasteiger partial charge is 0.380 e. The van der Waals surface area contributed by atoms with Crippen molar-refractivity contribution in [2.24, 2.45) is 0 Å². The van der Waals surface area contributed by atoms with Gasteiger partial charge in [-0.3, -0.25) is 4.40 Å². The minimum Gasteiger partial charge on any atom is -0.380 e. The van der Waals surface area contributed by atoms with Crippen molar-refractivity contribution in [3.8, 4) is 0 Å². The van der Waals surface area contributed by atoms with Gasteiger partial charge in [0.1, 0.15) is 9.35 Å². The first-order valence-electron chi connectivity index (χ1n) is 3.91. The Bertz CT molecular complexity index is 424. The van der Waals surface area contributed by atoms with Crippen molar-refractivity contribution in [1.82, 2.24) is 9.38 Å². The molecule has 2 aromatic heterocycles. The van der Waals surface area contributed by atoms with E-state index < -0.39 is 0 Å². The number of nitrogens with zero attached hydrogens (tertiary/aromatic N) is 2. The Kier molecular flexibility index (Phi) is 2.50. The maximum absolute atomic E-state index is 5.04. The number of fused-ring (bicyclic) bond motifs is 1.